The van der Waals surface area contributed by atoms with Crippen molar-refractivity contribution < 1.29 is 13.3 Å². The summed E-state index contributed by atoms with van der Waals surface area (Å²) >= 11 is 0. The van der Waals surface area contributed by atoms with Crippen molar-refractivity contribution >= 4 is 15.7 Å². The first kappa shape index (κ1) is 15.6. The van der Waals surface area contributed by atoms with Gasteiger partial charge in [0.15, 0.2) is 0 Å². The van der Waals surface area contributed by atoms with E-state index in [1.54, 1.807) is 0 Å². The van der Waals surface area contributed by atoms with Crippen LogP contribution in [0.5, 0.6) is 0 Å². The van der Waals surface area contributed by atoms with Gasteiger partial charge in [-0.15, -0.1) is 0 Å². The number of benzene rings is 1. The lowest BCUT2D eigenvalue weighted by Gasteiger charge is -2.08. The van der Waals surface area contributed by atoms with E-state index in [2.05, 4.69) is 4.72 Å². The summed E-state index contributed by atoms with van der Waals surface area (Å²) in [5, 5.41) is 10.5. The Labute approximate surface area is 113 Å². The lowest BCUT2D eigenvalue weighted by Crippen LogP contribution is -2.26. The first-order valence-electron chi connectivity index (χ1n) is 6.01. The van der Waals surface area contributed by atoms with Gasteiger partial charge >= 0.3 is 0 Å². The van der Waals surface area contributed by atoms with Gasteiger partial charge < -0.3 is 0 Å². The third-order valence-electron chi connectivity index (χ3n) is 2.55. The first-order chi connectivity index (χ1) is 8.80. The van der Waals surface area contributed by atoms with E-state index in [0.717, 1.165) is 6.42 Å². The first-order valence-corrected chi connectivity index (χ1v) is 7.66. The van der Waals surface area contributed by atoms with E-state index < -0.39 is 14.9 Å². The van der Waals surface area contributed by atoms with E-state index in [1.807, 2.05) is 13.8 Å². The van der Waals surface area contributed by atoms with Gasteiger partial charge in [0.05, 0.1) is 10.7 Å². The molecule has 0 saturated carbocycles. The van der Waals surface area contributed by atoms with Crippen LogP contribution in [-0.4, -0.2) is 19.9 Å². The molecule has 0 atom stereocenters. The molecule has 1 aromatic rings. The highest BCUT2D eigenvalue weighted by Crippen LogP contribution is 2.13. The van der Waals surface area contributed by atoms with Crippen LogP contribution < -0.4 is 4.72 Å². The zero-order valence-electron chi connectivity index (χ0n) is 11.0. The maximum atomic E-state index is 11.8. The van der Waals surface area contributed by atoms with Crippen molar-refractivity contribution in [1.29, 1.82) is 0 Å². The number of hydrogen-bond acceptors (Lipinski definition) is 4. The molecule has 1 aromatic carbocycles. The zero-order chi connectivity index (χ0) is 14.5. The predicted molar refractivity (Wildman–Crippen MR) is 73.2 cm³/mol. The summed E-state index contributed by atoms with van der Waals surface area (Å²) in [4.78, 5) is 9.96. The summed E-state index contributed by atoms with van der Waals surface area (Å²) in [6, 6.07) is 5.53. The largest absolute Gasteiger partial charge is 0.269 e. The van der Waals surface area contributed by atoms with Crippen molar-refractivity contribution in [3.63, 3.8) is 0 Å². The maximum absolute atomic E-state index is 11.8. The molecule has 0 spiro atoms. The van der Waals surface area contributed by atoms with E-state index in [-0.39, 0.29) is 11.4 Å². The topological polar surface area (TPSA) is 89.3 Å². The van der Waals surface area contributed by atoms with Crippen molar-refractivity contribution in [2.24, 2.45) is 5.92 Å². The number of nitrogens with zero attached hydrogens (tertiary/aromatic N) is 1. The Kier molecular flexibility index (Phi) is 5.44. The van der Waals surface area contributed by atoms with Gasteiger partial charge in [0.1, 0.15) is 0 Å². The van der Waals surface area contributed by atoms with Crippen LogP contribution in [0, 0.1) is 16.0 Å². The number of hydrogen-bond donors (Lipinski definition) is 1. The number of sulfonamides is 1. The molecule has 0 aliphatic rings. The fourth-order valence-electron chi connectivity index (χ4n) is 1.49. The summed E-state index contributed by atoms with van der Waals surface area (Å²) in [6.45, 7) is 4.45. The quantitative estimate of drug-likeness (QED) is 0.613. The molecule has 19 heavy (non-hydrogen) atoms. The van der Waals surface area contributed by atoms with Crippen molar-refractivity contribution in [2.75, 3.05) is 6.54 Å². The van der Waals surface area contributed by atoms with Crippen molar-refractivity contribution in [3.05, 3.63) is 39.9 Å². The number of rotatable bonds is 7. The van der Waals surface area contributed by atoms with Crippen LogP contribution in [0.4, 0.5) is 5.69 Å². The molecule has 0 bridgehead atoms. The van der Waals surface area contributed by atoms with E-state index >= 15 is 0 Å². The Morgan fingerprint density at radius 1 is 1.26 bits per heavy atom. The summed E-state index contributed by atoms with van der Waals surface area (Å²) in [6.07, 6.45) is 0.777. The molecular formula is C12H18N2O4S. The molecule has 0 heterocycles. The molecule has 0 unspecified atom stereocenters. The number of non-ortho nitro benzene ring substituents is 1. The monoisotopic (exact) mass is 286 g/mol. The van der Waals surface area contributed by atoms with Gasteiger partial charge in [-0.25, -0.2) is 13.1 Å². The smallest absolute Gasteiger partial charge is 0.258 e. The van der Waals surface area contributed by atoms with Crippen molar-refractivity contribution in [3.8, 4) is 0 Å². The van der Waals surface area contributed by atoms with Crippen LogP contribution in [0.25, 0.3) is 0 Å². The van der Waals surface area contributed by atoms with Gasteiger partial charge in [-0.05, 0) is 17.9 Å². The van der Waals surface area contributed by atoms with Gasteiger partial charge in [0.25, 0.3) is 5.69 Å². The molecule has 0 fully saturated rings. The molecule has 0 amide bonds. The highest BCUT2D eigenvalue weighted by atomic mass is 32.2. The van der Waals surface area contributed by atoms with Crippen LogP contribution in [0.2, 0.25) is 0 Å². The Bertz CT molecular complexity index is 523. The van der Waals surface area contributed by atoms with E-state index in [4.69, 9.17) is 0 Å². The molecule has 6 nitrogen and oxygen atoms in total. The van der Waals surface area contributed by atoms with Crippen LogP contribution in [-0.2, 0) is 15.8 Å². The van der Waals surface area contributed by atoms with Crippen LogP contribution in [0.15, 0.2) is 24.3 Å². The Hall–Kier alpha value is -1.47. The normalized spacial score (nSPS) is 11.7. The maximum Gasteiger partial charge on any atom is 0.269 e. The Morgan fingerprint density at radius 3 is 2.32 bits per heavy atom. The summed E-state index contributed by atoms with van der Waals surface area (Å²) in [5.41, 5.74) is 0.483. The fraction of sp³-hybridized carbons (Fsp3) is 0.500. The van der Waals surface area contributed by atoms with Crippen molar-refractivity contribution in [2.45, 2.75) is 26.0 Å². The number of nitrogens with one attached hydrogen (secondary N) is 1. The Morgan fingerprint density at radius 2 is 1.84 bits per heavy atom. The van der Waals surface area contributed by atoms with Gasteiger partial charge in [0, 0.05) is 18.7 Å². The van der Waals surface area contributed by atoms with Crippen LogP contribution in [0.1, 0.15) is 25.8 Å². The summed E-state index contributed by atoms with van der Waals surface area (Å²) < 4.78 is 26.0. The van der Waals surface area contributed by atoms with Gasteiger partial charge in [-0.1, -0.05) is 26.0 Å². The Balaban J connectivity index is 2.60. The molecule has 1 N–H and O–H groups in total. The minimum atomic E-state index is -3.38. The second-order valence-electron chi connectivity index (χ2n) is 4.76. The molecule has 106 valence electrons. The molecule has 0 saturated heterocycles. The third kappa shape index (κ3) is 5.80. The predicted octanol–water partition coefficient (Wildman–Crippen LogP) is 2.06. The van der Waals surface area contributed by atoms with E-state index in [1.165, 1.54) is 24.3 Å². The highest BCUT2D eigenvalue weighted by Gasteiger charge is 2.12. The second-order valence-corrected chi connectivity index (χ2v) is 6.57. The lowest BCUT2D eigenvalue weighted by atomic mass is 10.1. The highest BCUT2D eigenvalue weighted by molar-refractivity contribution is 7.88. The average Bonchev–Trinajstić information content (AvgIpc) is 2.28. The average molecular weight is 286 g/mol. The SMILES string of the molecule is CC(C)CCNS(=O)(=O)Cc1ccc([N+](=O)[O-])cc1. The number of nitro benzene ring substituents is 1. The van der Waals surface area contributed by atoms with E-state index in [0.29, 0.717) is 18.0 Å². The summed E-state index contributed by atoms with van der Waals surface area (Å²) in [5.74, 6) is 0.269. The van der Waals surface area contributed by atoms with E-state index in [9.17, 15) is 18.5 Å². The lowest BCUT2D eigenvalue weighted by molar-refractivity contribution is -0.384. The van der Waals surface area contributed by atoms with Crippen molar-refractivity contribution in [1.82, 2.24) is 4.72 Å². The minimum Gasteiger partial charge on any atom is -0.258 e. The molecule has 1 rings (SSSR count). The van der Waals surface area contributed by atoms with Gasteiger partial charge in [0.2, 0.25) is 10.0 Å². The van der Waals surface area contributed by atoms with Crippen LogP contribution in [0.3, 0.4) is 0 Å². The standard InChI is InChI=1S/C12H18N2O4S/c1-10(2)7-8-13-19(17,18)9-11-3-5-12(6-4-11)14(15)16/h3-6,10,13H,7-9H2,1-2H3. The molecule has 0 aliphatic heterocycles. The molecular weight excluding hydrogens is 268 g/mol. The minimum absolute atomic E-state index is 0.0473. The molecule has 0 aliphatic carbocycles. The van der Waals surface area contributed by atoms with Gasteiger partial charge in [-0.3, -0.25) is 10.1 Å². The number of nitro groups is 1. The molecule has 0 radical (unpaired) electrons. The third-order valence-corrected chi connectivity index (χ3v) is 3.90. The van der Waals surface area contributed by atoms with Gasteiger partial charge in [-0.2, -0.15) is 0 Å². The molecule has 0 aromatic heterocycles. The summed E-state index contributed by atoms with van der Waals surface area (Å²) in [7, 11) is -3.38. The zero-order valence-corrected chi connectivity index (χ0v) is 11.8. The fourth-order valence-corrected chi connectivity index (χ4v) is 2.65. The molecule has 7 heteroatoms. The van der Waals surface area contributed by atoms with Crippen LogP contribution >= 0.6 is 0 Å². The second kappa shape index (κ2) is 6.63.